The van der Waals surface area contributed by atoms with Gasteiger partial charge in [0.15, 0.2) is 0 Å². The highest BCUT2D eigenvalue weighted by molar-refractivity contribution is 5.92. The molecule has 5 nitrogen and oxygen atoms in total. The van der Waals surface area contributed by atoms with E-state index in [4.69, 9.17) is 0 Å². The number of aromatic nitrogens is 2. The van der Waals surface area contributed by atoms with Crippen molar-refractivity contribution in [2.45, 2.75) is 26.4 Å². The lowest BCUT2D eigenvalue weighted by atomic mass is 10.1. The lowest BCUT2D eigenvalue weighted by molar-refractivity contribution is 0.0932. The number of nitrogens with one attached hydrogen (secondary N) is 1. The van der Waals surface area contributed by atoms with Gasteiger partial charge in [0, 0.05) is 6.07 Å². The lowest BCUT2D eigenvalue weighted by Gasteiger charge is -2.15. The molecule has 0 aliphatic carbocycles. The number of carbonyl (C=O) groups is 1. The summed E-state index contributed by atoms with van der Waals surface area (Å²) in [5.74, 6) is -0.306. The van der Waals surface area contributed by atoms with Crippen molar-refractivity contribution in [3.8, 4) is 0 Å². The Morgan fingerprint density at radius 1 is 1.04 bits per heavy atom. The Bertz CT molecular complexity index is 947. The van der Waals surface area contributed by atoms with E-state index in [1.807, 2.05) is 68.4 Å². The smallest absolute Gasteiger partial charge is 0.272 e. The minimum atomic E-state index is -0.306. The second kappa shape index (κ2) is 7.78. The quantitative estimate of drug-likeness (QED) is 0.771. The van der Waals surface area contributed by atoms with Crippen LogP contribution in [-0.4, -0.2) is 15.7 Å². The van der Waals surface area contributed by atoms with Crippen LogP contribution in [0.2, 0.25) is 0 Å². The molecule has 1 aromatic heterocycles. The largest absolute Gasteiger partial charge is 0.344 e. The van der Waals surface area contributed by atoms with Gasteiger partial charge in [0.1, 0.15) is 5.69 Å². The van der Waals surface area contributed by atoms with E-state index in [2.05, 4.69) is 10.4 Å². The van der Waals surface area contributed by atoms with Crippen LogP contribution in [0.4, 0.5) is 0 Å². The Morgan fingerprint density at radius 2 is 1.73 bits per heavy atom. The average Bonchev–Trinajstić information content (AvgIpc) is 2.65. The molecule has 0 saturated carbocycles. The highest BCUT2D eigenvalue weighted by atomic mass is 16.2. The van der Waals surface area contributed by atoms with Gasteiger partial charge < -0.3 is 5.32 Å². The summed E-state index contributed by atoms with van der Waals surface area (Å²) < 4.78 is 1.31. The molecule has 3 aromatic rings. The van der Waals surface area contributed by atoms with Crippen LogP contribution >= 0.6 is 0 Å². The predicted octanol–water partition coefficient (Wildman–Crippen LogP) is 3.09. The van der Waals surface area contributed by atoms with Gasteiger partial charge in [-0.25, -0.2) is 4.68 Å². The molecule has 1 N–H and O–H groups in total. The van der Waals surface area contributed by atoms with Crippen LogP contribution < -0.4 is 10.9 Å². The van der Waals surface area contributed by atoms with Crippen molar-refractivity contribution >= 4 is 5.91 Å². The molecule has 0 aliphatic heterocycles. The van der Waals surface area contributed by atoms with E-state index >= 15 is 0 Å². The Morgan fingerprint density at radius 3 is 2.42 bits per heavy atom. The predicted molar refractivity (Wildman–Crippen MR) is 101 cm³/mol. The van der Waals surface area contributed by atoms with Gasteiger partial charge in [-0.1, -0.05) is 60.2 Å². The minimum absolute atomic E-state index is 0.153. The summed E-state index contributed by atoms with van der Waals surface area (Å²) in [6, 6.07) is 20.2. The number of nitrogens with zero attached hydrogens (tertiary/aromatic N) is 2. The van der Waals surface area contributed by atoms with Crippen molar-refractivity contribution in [1.29, 1.82) is 0 Å². The van der Waals surface area contributed by atoms with Gasteiger partial charge in [-0.3, -0.25) is 9.59 Å². The van der Waals surface area contributed by atoms with Crippen molar-refractivity contribution in [3.05, 3.63) is 99.5 Å². The first-order valence-corrected chi connectivity index (χ1v) is 8.52. The van der Waals surface area contributed by atoms with E-state index in [0.29, 0.717) is 6.54 Å². The molecule has 1 amide bonds. The van der Waals surface area contributed by atoms with Crippen molar-refractivity contribution in [3.63, 3.8) is 0 Å². The molecule has 0 spiro atoms. The van der Waals surface area contributed by atoms with Gasteiger partial charge >= 0.3 is 0 Å². The van der Waals surface area contributed by atoms with Crippen LogP contribution in [0.5, 0.6) is 0 Å². The summed E-state index contributed by atoms with van der Waals surface area (Å²) in [7, 11) is 0. The number of hydrogen-bond acceptors (Lipinski definition) is 3. The molecule has 0 radical (unpaired) electrons. The molecular formula is C21H21N3O2. The molecule has 3 rings (SSSR count). The van der Waals surface area contributed by atoms with E-state index < -0.39 is 0 Å². The minimum Gasteiger partial charge on any atom is -0.344 e. The average molecular weight is 347 g/mol. The van der Waals surface area contributed by atoms with Crippen molar-refractivity contribution in [2.75, 3.05) is 0 Å². The molecule has 0 aliphatic rings. The van der Waals surface area contributed by atoms with Crippen LogP contribution in [-0.2, 0) is 6.54 Å². The molecule has 0 fully saturated rings. The highest BCUT2D eigenvalue weighted by Crippen LogP contribution is 2.13. The maximum Gasteiger partial charge on any atom is 0.272 e. The summed E-state index contributed by atoms with van der Waals surface area (Å²) in [6.45, 7) is 4.27. The first-order chi connectivity index (χ1) is 12.5. The molecule has 1 atom stereocenters. The highest BCUT2D eigenvalue weighted by Gasteiger charge is 2.14. The number of carbonyl (C=O) groups excluding carboxylic acids is 1. The molecule has 1 heterocycles. The van der Waals surface area contributed by atoms with E-state index in [-0.39, 0.29) is 23.2 Å². The molecule has 132 valence electrons. The van der Waals surface area contributed by atoms with E-state index in [1.54, 1.807) is 0 Å². The third kappa shape index (κ3) is 4.25. The monoisotopic (exact) mass is 347 g/mol. The zero-order chi connectivity index (χ0) is 18.5. The second-order valence-corrected chi connectivity index (χ2v) is 6.31. The third-order valence-electron chi connectivity index (χ3n) is 4.20. The van der Waals surface area contributed by atoms with Gasteiger partial charge in [0.2, 0.25) is 0 Å². The van der Waals surface area contributed by atoms with Crippen molar-refractivity contribution in [1.82, 2.24) is 15.1 Å². The van der Waals surface area contributed by atoms with Crippen LogP contribution in [0.3, 0.4) is 0 Å². The zero-order valence-electron chi connectivity index (χ0n) is 14.8. The van der Waals surface area contributed by atoms with Crippen molar-refractivity contribution < 1.29 is 4.79 Å². The van der Waals surface area contributed by atoms with E-state index in [1.165, 1.54) is 22.4 Å². The normalized spacial score (nSPS) is 11.8. The van der Waals surface area contributed by atoms with Crippen LogP contribution in [0.1, 0.15) is 40.1 Å². The fourth-order valence-corrected chi connectivity index (χ4v) is 2.65. The van der Waals surface area contributed by atoms with Gasteiger partial charge in [-0.2, -0.15) is 5.10 Å². The number of rotatable bonds is 5. The Hall–Kier alpha value is -3.21. The number of amides is 1. The van der Waals surface area contributed by atoms with Gasteiger partial charge in [0.05, 0.1) is 12.6 Å². The van der Waals surface area contributed by atoms with E-state index in [9.17, 15) is 9.59 Å². The third-order valence-corrected chi connectivity index (χ3v) is 4.20. The molecule has 26 heavy (non-hydrogen) atoms. The Labute approximate surface area is 152 Å². The molecular weight excluding hydrogens is 326 g/mol. The topological polar surface area (TPSA) is 64.0 Å². The molecule has 0 bridgehead atoms. The number of hydrogen-bond donors (Lipinski definition) is 1. The summed E-state index contributed by atoms with van der Waals surface area (Å²) in [6.07, 6.45) is 0. The Kier molecular flexibility index (Phi) is 5.27. The standard InChI is InChI=1S/C21H21N3O2/c1-15-8-10-18(11-9-15)16(2)22-21(26)19-12-13-20(25)24(23-19)14-17-6-4-3-5-7-17/h3-13,16H,14H2,1-2H3,(H,22,26). The Balaban J connectivity index is 1.76. The first-order valence-electron chi connectivity index (χ1n) is 8.52. The van der Waals surface area contributed by atoms with Crippen LogP contribution in [0.25, 0.3) is 0 Å². The zero-order valence-corrected chi connectivity index (χ0v) is 14.8. The molecule has 2 aromatic carbocycles. The molecule has 1 unspecified atom stereocenters. The van der Waals surface area contributed by atoms with Gasteiger partial charge in [-0.15, -0.1) is 0 Å². The van der Waals surface area contributed by atoms with Gasteiger partial charge in [-0.05, 0) is 31.0 Å². The molecule has 0 saturated heterocycles. The summed E-state index contributed by atoms with van der Waals surface area (Å²) in [5.41, 5.74) is 3.12. The maximum absolute atomic E-state index is 12.5. The number of benzene rings is 2. The SMILES string of the molecule is Cc1ccc(C(C)NC(=O)c2ccc(=O)n(Cc3ccccc3)n2)cc1. The van der Waals surface area contributed by atoms with Gasteiger partial charge in [0.25, 0.3) is 11.5 Å². The molecule has 5 heteroatoms. The van der Waals surface area contributed by atoms with Crippen LogP contribution in [0, 0.1) is 6.92 Å². The van der Waals surface area contributed by atoms with Crippen molar-refractivity contribution in [2.24, 2.45) is 0 Å². The second-order valence-electron chi connectivity index (χ2n) is 6.31. The fraction of sp³-hybridized carbons (Fsp3) is 0.190. The summed E-state index contributed by atoms with van der Waals surface area (Å²) >= 11 is 0. The maximum atomic E-state index is 12.5. The summed E-state index contributed by atoms with van der Waals surface area (Å²) in [4.78, 5) is 24.6. The first kappa shape index (κ1) is 17.6. The van der Waals surface area contributed by atoms with E-state index in [0.717, 1.165) is 11.1 Å². The fourth-order valence-electron chi connectivity index (χ4n) is 2.65. The summed E-state index contributed by atoms with van der Waals surface area (Å²) in [5, 5.41) is 7.15. The van der Waals surface area contributed by atoms with Crippen LogP contribution in [0.15, 0.2) is 71.5 Å². The lowest BCUT2D eigenvalue weighted by Crippen LogP contribution is -2.31. The number of aryl methyl sites for hydroxylation is 1.